The molecule has 2 aromatic heterocycles. The molecule has 1 N–H and O–H groups in total. The minimum atomic E-state index is -0.958. The number of aryl methyl sites for hydroxylation is 1. The van der Waals surface area contributed by atoms with Crippen LogP contribution < -0.4 is 4.74 Å². The molecule has 8 heteroatoms. The molecule has 140 valence electrons. The van der Waals surface area contributed by atoms with Crippen LogP contribution in [0.2, 0.25) is 0 Å². The van der Waals surface area contributed by atoms with Gasteiger partial charge in [0.1, 0.15) is 28.0 Å². The molecule has 1 fully saturated rings. The fourth-order valence-electron chi connectivity index (χ4n) is 3.16. The number of rotatable bonds is 4. The van der Waals surface area contributed by atoms with E-state index in [1.807, 2.05) is 13.0 Å². The van der Waals surface area contributed by atoms with E-state index in [2.05, 4.69) is 20.4 Å². The SMILES string of the molecule is Cc1nnc(-c2ccc(-c3ccc(O[C@@H]4CCCC[C@@H]4F)nn3)c(O)c2)s1. The van der Waals surface area contributed by atoms with Crippen LogP contribution in [0.3, 0.4) is 0 Å². The van der Waals surface area contributed by atoms with Crippen LogP contribution in [0.25, 0.3) is 21.8 Å². The van der Waals surface area contributed by atoms with E-state index in [1.165, 1.54) is 11.3 Å². The van der Waals surface area contributed by atoms with Gasteiger partial charge in [-0.15, -0.1) is 20.4 Å². The quantitative estimate of drug-likeness (QED) is 0.719. The zero-order chi connectivity index (χ0) is 18.8. The lowest BCUT2D eigenvalue weighted by Gasteiger charge is -2.25. The predicted octanol–water partition coefficient (Wildman–Crippen LogP) is 4.34. The Balaban J connectivity index is 1.51. The second-order valence-electron chi connectivity index (χ2n) is 6.57. The summed E-state index contributed by atoms with van der Waals surface area (Å²) in [6.07, 6.45) is 1.67. The molecule has 2 heterocycles. The van der Waals surface area contributed by atoms with Crippen LogP contribution >= 0.6 is 11.3 Å². The van der Waals surface area contributed by atoms with Crippen LogP contribution in [-0.2, 0) is 0 Å². The first-order chi connectivity index (χ1) is 13.1. The van der Waals surface area contributed by atoms with Gasteiger partial charge in [0, 0.05) is 17.2 Å². The zero-order valence-electron chi connectivity index (χ0n) is 14.8. The number of benzene rings is 1. The van der Waals surface area contributed by atoms with E-state index in [4.69, 9.17) is 4.74 Å². The molecule has 0 bridgehead atoms. The van der Waals surface area contributed by atoms with Crippen molar-refractivity contribution in [3.8, 4) is 33.5 Å². The van der Waals surface area contributed by atoms with Crippen molar-refractivity contribution in [3.05, 3.63) is 35.3 Å². The van der Waals surface area contributed by atoms with Gasteiger partial charge in [0.05, 0.1) is 5.69 Å². The number of hydrogen-bond donors (Lipinski definition) is 1. The number of ether oxygens (including phenoxy) is 1. The van der Waals surface area contributed by atoms with Crippen molar-refractivity contribution in [3.63, 3.8) is 0 Å². The molecule has 0 spiro atoms. The van der Waals surface area contributed by atoms with Crippen molar-refractivity contribution in [1.82, 2.24) is 20.4 Å². The smallest absolute Gasteiger partial charge is 0.233 e. The minimum absolute atomic E-state index is 0.0828. The van der Waals surface area contributed by atoms with Gasteiger partial charge in [-0.25, -0.2) is 4.39 Å². The van der Waals surface area contributed by atoms with Crippen molar-refractivity contribution in [2.24, 2.45) is 0 Å². The molecule has 1 aliphatic carbocycles. The Morgan fingerprint density at radius 3 is 2.59 bits per heavy atom. The van der Waals surface area contributed by atoms with Gasteiger partial charge in [-0.1, -0.05) is 23.8 Å². The fraction of sp³-hybridized carbons (Fsp3) is 0.368. The first kappa shape index (κ1) is 17.8. The monoisotopic (exact) mass is 386 g/mol. The summed E-state index contributed by atoms with van der Waals surface area (Å²) in [5.41, 5.74) is 1.86. The second-order valence-corrected chi connectivity index (χ2v) is 7.75. The molecule has 1 aliphatic rings. The zero-order valence-corrected chi connectivity index (χ0v) is 15.6. The maximum atomic E-state index is 13.9. The first-order valence-electron chi connectivity index (χ1n) is 8.88. The molecule has 6 nitrogen and oxygen atoms in total. The van der Waals surface area contributed by atoms with Gasteiger partial charge in [0.25, 0.3) is 0 Å². The average molecular weight is 386 g/mol. The van der Waals surface area contributed by atoms with Crippen LogP contribution in [0.1, 0.15) is 30.7 Å². The maximum absolute atomic E-state index is 13.9. The minimum Gasteiger partial charge on any atom is -0.507 e. The first-order valence-corrected chi connectivity index (χ1v) is 9.70. The molecule has 0 aliphatic heterocycles. The van der Waals surface area contributed by atoms with Crippen LogP contribution in [0.5, 0.6) is 11.6 Å². The molecule has 0 saturated heterocycles. The lowest BCUT2D eigenvalue weighted by Crippen LogP contribution is -2.32. The van der Waals surface area contributed by atoms with Gasteiger partial charge in [0.15, 0.2) is 0 Å². The van der Waals surface area contributed by atoms with Crippen molar-refractivity contribution in [2.75, 3.05) is 0 Å². The summed E-state index contributed by atoms with van der Waals surface area (Å²) >= 11 is 1.46. The van der Waals surface area contributed by atoms with E-state index >= 15 is 0 Å². The van der Waals surface area contributed by atoms with Gasteiger partial charge >= 0.3 is 0 Å². The number of nitrogens with zero attached hydrogens (tertiary/aromatic N) is 4. The van der Waals surface area contributed by atoms with Crippen molar-refractivity contribution in [1.29, 1.82) is 0 Å². The van der Waals surface area contributed by atoms with E-state index in [0.717, 1.165) is 28.4 Å². The van der Waals surface area contributed by atoms with E-state index in [1.54, 1.807) is 24.3 Å². The maximum Gasteiger partial charge on any atom is 0.233 e. The fourth-order valence-corrected chi connectivity index (χ4v) is 3.85. The molecule has 0 radical (unpaired) electrons. The number of hydrogen-bond acceptors (Lipinski definition) is 7. The van der Waals surface area contributed by atoms with E-state index in [-0.39, 0.29) is 5.75 Å². The highest BCUT2D eigenvalue weighted by atomic mass is 32.1. The van der Waals surface area contributed by atoms with Gasteiger partial charge in [-0.3, -0.25) is 0 Å². The second kappa shape index (κ2) is 7.56. The highest BCUT2D eigenvalue weighted by molar-refractivity contribution is 7.14. The van der Waals surface area contributed by atoms with Gasteiger partial charge < -0.3 is 9.84 Å². The van der Waals surface area contributed by atoms with E-state index in [0.29, 0.717) is 30.0 Å². The molecule has 2 atom stereocenters. The standard InChI is InChI=1S/C19H19FN4O2S/c1-11-21-24-19(27-11)12-6-7-13(16(25)10-12)15-8-9-18(23-22-15)26-17-5-3-2-4-14(17)20/h6-10,14,17,25H,2-5H2,1H3/t14-,17+/m0/s1. The molecule has 0 unspecified atom stereocenters. The summed E-state index contributed by atoms with van der Waals surface area (Å²) in [4.78, 5) is 0. The molecule has 1 aromatic carbocycles. The normalized spacial score (nSPS) is 19.8. The molecule has 3 aromatic rings. The third kappa shape index (κ3) is 3.90. The number of phenolic OH excluding ortho intramolecular Hbond substituents is 1. The Labute approximate surface area is 160 Å². The Bertz CT molecular complexity index is 932. The summed E-state index contributed by atoms with van der Waals surface area (Å²) in [6.45, 7) is 1.88. The number of aromatic hydroxyl groups is 1. The van der Waals surface area contributed by atoms with Crippen molar-refractivity contribution in [2.45, 2.75) is 44.9 Å². The van der Waals surface area contributed by atoms with Crippen LogP contribution in [0.4, 0.5) is 4.39 Å². The highest BCUT2D eigenvalue weighted by Crippen LogP contribution is 2.33. The lowest BCUT2D eigenvalue weighted by molar-refractivity contribution is 0.0594. The lowest BCUT2D eigenvalue weighted by atomic mass is 9.96. The van der Waals surface area contributed by atoms with Gasteiger partial charge in [0.2, 0.25) is 5.88 Å². The molecular weight excluding hydrogens is 367 g/mol. The van der Waals surface area contributed by atoms with Crippen molar-refractivity contribution >= 4 is 11.3 Å². The Kier molecular flexibility index (Phi) is 4.98. The highest BCUT2D eigenvalue weighted by Gasteiger charge is 2.26. The third-order valence-electron chi connectivity index (χ3n) is 4.58. The Morgan fingerprint density at radius 1 is 1.07 bits per heavy atom. The topological polar surface area (TPSA) is 81.0 Å². The van der Waals surface area contributed by atoms with Crippen LogP contribution in [0, 0.1) is 6.92 Å². The molecule has 1 saturated carbocycles. The van der Waals surface area contributed by atoms with E-state index in [9.17, 15) is 9.50 Å². The summed E-state index contributed by atoms with van der Waals surface area (Å²) < 4.78 is 19.5. The number of aromatic nitrogens is 4. The summed E-state index contributed by atoms with van der Waals surface area (Å²) in [6, 6.07) is 8.63. The molecular formula is C19H19FN4O2S. The van der Waals surface area contributed by atoms with Crippen LogP contribution in [-0.4, -0.2) is 37.8 Å². The molecule has 0 amide bonds. The third-order valence-corrected chi connectivity index (χ3v) is 5.47. The summed E-state index contributed by atoms with van der Waals surface area (Å²) in [5.74, 6) is 0.383. The predicted molar refractivity (Wildman–Crippen MR) is 101 cm³/mol. The van der Waals surface area contributed by atoms with Crippen LogP contribution in [0.15, 0.2) is 30.3 Å². The molecule has 4 rings (SSSR count). The van der Waals surface area contributed by atoms with Gasteiger partial charge in [-0.05, 0) is 44.4 Å². The molecule has 27 heavy (non-hydrogen) atoms. The largest absolute Gasteiger partial charge is 0.507 e. The number of alkyl halides is 1. The number of halogens is 1. The Hall–Kier alpha value is -2.61. The summed E-state index contributed by atoms with van der Waals surface area (Å²) in [7, 11) is 0. The summed E-state index contributed by atoms with van der Waals surface area (Å²) in [5, 5.41) is 28.2. The van der Waals surface area contributed by atoms with Crippen molar-refractivity contribution < 1.29 is 14.2 Å². The average Bonchev–Trinajstić information content (AvgIpc) is 3.11. The van der Waals surface area contributed by atoms with Gasteiger partial charge in [-0.2, -0.15) is 0 Å². The number of phenols is 1. The van der Waals surface area contributed by atoms with E-state index < -0.39 is 12.3 Å². The Morgan fingerprint density at radius 2 is 1.93 bits per heavy atom.